The summed E-state index contributed by atoms with van der Waals surface area (Å²) in [6.07, 6.45) is 5.05. The molecular formula is C15H18O3S. The first kappa shape index (κ1) is 14.2. The molecule has 3 nitrogen and oxygen atoms in total. The zero-order valence-electron chi connectivity index (χ0n) is 10.7. The molecule has 19 heavy (non-hydrogen) atoms. The first-order chi connectivity index (χ1) is 9.24. The molecular weight excluding hydrogens is 260 g/mol. The molecule has 102 valence electrons. The summed E-state index contributed by atoms with van der Waals surface area (Å²) in [5.74, 6) is 0.0901. The van der Waals surface area contributed by atoms with Crippen LogP contribution in [0.4, 0.5) is 0 Å². The van der Waals surface area contributed by atoms with E-state index in [2.05, 4.69) is 12.1 Å². The number of thioether (sulfide) groups is 1. The predicted octanol–water partition coefficient (Wildman–Crippen LogP) is 3.20. The fourth-order valence-electron chi connectivity index (χ4n) is 1.95. The molecule has 4 heteroatoms. The Morgan fingerprint density at radius 1 is 1.32 bits per heavy atom. The summed E-state index contributed by atoms with van der Waals surface area (Å²) >= 11 is 1.98. The van der Waals surface area contributed by atoms with Crippen molar-refractivity contribution in [2.45, 2.75) is 23.8 Å². The highest BCUT2D eigenvalue weighted by atomic mass is 32.2. The number of hydrogen-bond acceptors (Lipinski definition) is 3. The van der Waals surface area contributed by atoms with Gasteiger partial charge in [0.25, 0.3) is 0 Å². The molecule has 1 aliphatic rings. The Balaban J connectivity index is 1.82. The number of carbonyl (C=O) groups is 1. The van der Waals surface area contributed by atoms with E-state index in [0.29, 0.717) is 5.25 Å². The van der Waals surface area contributed by atoms with Crippen molar-refractivity contribution < 1.29 is 14.6 Å². The molecule has 0 aliphatic carbocycles. The van der Waals surface area contributed by atoms with Crippen molar-refractivity contribution in [2.75, 3.05) is 13.2 Å². The van der Waals surface area contributed by atoms with Gasteiger partial charge < -0.3 is 9.84 Å². The molecule has 0 atom stereocenters. The zero-order valence-corrected chi connectivity index (χ0v) is 11.6. The molecule has 2 rings (SSSR count). The van der Waals surface area contributed by atoms with E-state index < -0.39 is 5.97 Å². The maximum absolute atomic E-state index is 10.4. The smallest absolute Gasteiger partial charge is 0.328 e. The first-order valence-electron chi connectivity index (χ1n) is 6.43. The van der Waals surface area contributed by atoms with Crippen LogP contribution in [0.1, 0.15) is 24.0 Å². The molecule has 0 radical (unpaired) electrons. The van der Waals surface area contributed by atoms with Crippen LogP contribution in [0.2, 0.25) is 0 Å². The van der Waals surface area contributed by atoms with Crippen molar-refractivity contribution in [3.05, 3.63) is 41.5 Å². The predicted molar refractivity (Wildman–Crippen MR) is 78.2 cm³/mol. The molecule has 1 saturated heterocycles. The third-order valence-corrected chi connectivity index (χ3v) is 4.49. The van der Waals surface area contributed by atoms with Crippen molar-refractivity contribution >= 4 is 23.8 Å². The monoisotopic (exact) mass is 278 g/mol. The number of aliphatic carboxylic acids is 1. The van der Waals surface area contributed by atoms with Crippen LogP contribution in [-0.4, -0.2) is 29.5 Å². The standard InChI is InChI=1S/C15H18O3S/c16-15(17)6-5-12-1-3-13(4-2-12)11-19-14-7-9-18-10-8-14/h1-6,14H,7-11H2,(H,16,17). The maximum Gasteiger partial charge on any atom is 0.328 e. The lowest BCUT2D eigenvalue weighted by Crippen LogP contribution is -2.17. The van der Waals surface area contributed by atoms with Crippen LogP contribution in [0.15, 0.2) is 30.3 Å². The molecule has 1 aromatic carbocycles. The number of carboxylic acids is 1. The van der Waals surface area contributed by atoms with Gasteiger partial charge in [0, 0.05) is 30.3 Å². The SMILES string of the molecule is O=C(O)C=Cc1ccc(CSC2CCOCC2)cc1. The highest BCUT2D eigenvalue weighted by Crippen LogP contribution is 2.25. The van der Waals surface area contributed by atoms with E-state index in [1.807, 2.05) is 23.9 Å². The number of ether oxygens (including phenoxy) is 1. The molecule has 0 amide bonds. The Morgan fingerprint density at radius 3 is 2.63 bits per heavy atom. The van der Waals surface area contributed by atoms with Gasteiger partial charge in [0.15, 0.2) is 0 Å². The minimum absolute atomic E-state index is 0.709. The molecule has 1 aromatic rings. The molecule has 0 saturated carbocycles. The van der Waals surface area contributed by atoms with Crippen molar-refractivity contribution in [2.24, 2.45) is 0 Å². The summed E-state index contributed by atoms with van der Waals surface area (Å²) in [6.45, 7) is 1.77. The van der Waals surface area contributed by atoms with E-state index in [-0.39, 0.29) is 0 Å². The van der Waals surface area contributed by atoms with Gasteiger partial charge in [0.1, 0.15) is 0 Å². The molecule has 1 heterocycles. The Kier molecular flexibility index (Phi) is 5.48. The second-order valence-electron chi connectivity index (χ2n) is 4.54. The van der Waals surface area contributed by atoms with Crippen LogP contribution in [0.25, 0.3) is 6.08 Å². The highest BCUT2D eigenvalue weighted by Gasteiger charge is 2.13. The van der Waals surface area contributed by atoms with Crippen LogP contribution in [0.5, 0.6) is 0 Å². The summed E-state index contributed by atoms with van der Waals surface area (Å²) in [7, 11) is 0. The van der Waals surface area contributed by atoms with Gasteiger partial charge in [-0.15, -0.1) is 0 Å². The minimum Gasteiger partial charge on any atom is -0.478 e. The maximum atomic E-state index is 10.4. The Hall–Kier alpha value is -1.26. The van der Waals surface area contributed by atoms with Crippen molar-refractivity contribution in [3.63, 3.8) is 0 Å². The van der Waals surface area contributed by atoms with Crippen LogP contribution < -0.4 is 0 Å². The summed E-state index contributed by atoms with van der Waals surface area (Å²) in [5.41, 5.74) is 2.20. The average Bonchev–Trinajstić information content (AvgIpc) is 2.45. The van der Waals surface area contributed by atoms with Gasteiger partial charge in [-0.2, -0.15) is 11.8 Å². The lowest BCUT2D eigenvalue weighted by Gasteiger charge is -2.21. The average molecular weight is 278 g/mol. The molecule has 0 spiro atoms. The van der Waals surface area contributed by atoms with E-state index in [9.17, 15) is 4.79 Å². The molecule has 0 bridgehead atoms. The number of carboxylic acid groups (broad SMARTS) is 1. The Labute approximate surface area is 117 Å². The van der Waals surface area contributed by atoms with Crippen molar-refractivity contribution in [1.82, 2.24) is 0 Å². The van der Waals surface area contributed by atoms with Crippen LogP contribution in [0.3, 0.4) is 0 Å². The van der Waals surface area contributed by atoms with E-state index in [1.54, 1.807) is 6.08 Å². The van der Waals surface area contributed by atoms with Crippen molar-refractivity contribution in [3.8, 4) is 0 Å². The van der Waals surface area contributed by atoms with Crippen molar-refractivity contribution in [1.29, 1.82) is 0 Å². The van der Waals surface area contributed by atoms with Crippen LogP contribution >= 0.6 is 11.8 Å². The van der Waals surface area contributed by atoms with Crippen LogP contribution in [0, 0.1) is 0 Å². The fraction of sp³-hybridized carbons (Fsp3) is 0.400. The summed E-state index contributed by atoms with van der Waals surface area (Å²) in [4.78, 5) is 10.4. The zero-order chi connectivity index (χ0) is 13.5. The van der Waals surface area contributed by atoms with Gasteiger partial charge in [-0.05, 0) is 30.0 Å². The quantitative estimate of drug-likeness (QED) is 0.840. The number of hydrogen-bond donors (Lipinski definition) is 1. The topological polar surface area (TPSA) is 46.5 Å². The van der Waals surface area contributed by atoms with Crippen LogP contribution in [-0.2, 0) is 15.3 Å². The van der Waals surface area contributed by atoms with Gasteiger partial charge in [-0.3, -0.25) is 0 Å². The molecule has 1 aliphatic heterocycles. The molecule has 1 N–H and O–H groups in total. The summed E-state index contributed by atoms with van der Waals surface area (Å²) in [6, 6.07) is 8.04. The molecule has 0 aromatic heterocycles. The summed E-state index contributed by atoms with van der Waals surface area (Å²) in [5, 5.41) is 9.27. The number of rotatable bonds is 5. The van der Waals surface area contributed by atoms with E-state index in [4.69, 9.17) is 9.84 Å². The second kappa shape index (κ2) is 7.36. The van der Waals surface area contributed by atoms with E-state index in [1.165, 1.54) is 5.56 Å². The van der Waals surface area contributed by atoms with Gasteiger partial charge >= 0.3 is 5.97 Å². The Bertz CT molecular complexity index is 433. The lowest BCUT2D eigenvalue weighted by atomic mass is 10.1. The first-order valence-corrected chi connectivity index (χ1v) is 7.48. The fourth-order valence-corrected chi connectivity index (χ4v) is 3.10. The highest BCUT2D eigenvalue weighted by molar-refractivity contribution is 7.99. The normalized spacial score (nSPS) is 16.8. The van der Waals surface area contributed by atoms with Gasteiger partial charge in [0.2, 0.25) is 0 Å². The Morgan fingerprint density at radius 2 is 2.00 bits per heavy atom. The third-order valence-electron chi connectivity index (χ3n) is 3.05. The summed E-state index contributed by atoms with van der Waals surface area (Å²) < 4.78 is 5.34. The van der Waals surface area contributed by atoms with E-state index >= 15 is 0 Å². The largest absolute Gasteiger partial charge is 0.478 e. The number of benzene rings is 1. The van der Waals surface area contributed by atoms with Gasteiger partial charge in [-0.1, -0.05) is 24.3 Å². The second-order valence-corrected chi connectivity index (χ2v) is 5.82. The molecule has 0 unspecified atom stereocenters. The lowest BCUT2D eigenvalue weighted by molar-refractivity contribution is -0.131. The van der Waals surface area contributed by atoms with Gasteiger partial charge in [0.05, 0.1) is 0 Å². The third kappa shape index (κ3) is 5.09. The van der Waals surface area contributed by atoms with Gasteiger partial charge in [-0.25, -0.2) is 4.79 Å². The van der Waals surface area contributed by atoms with E-state index in [0.717, 1.165) is 43.4 Å². The molecule has 1 fully saturated rings. The minimum atomic E-state index is -0.917.